The van der Waals surface area contributed by atoms with Gasteiger partial charge in [-0.3, -0.25) is 0 Å². The standard InChI is InChI=1S/C8H9N3S/c1-11-7-3-2-5(12)4-6(7)10-8(11)9/h2-4,12H,1H3,(H2,9,10). The summed E-state index contributed by atoms with van der Waals surface area (Å²) in [4.78, 5) is 5.07. The number of nitrogens with zero attached hydrogens (tertiary/aromatic N) is 2. The van der Waals surface area contributed by atoms with E-state index in [1.165, 1.54) is 0 Å². The molecule has 62 valence electrons. The predicted molar refractivity (Wildman–Crippen MR) is 52.4 cm³/mol. The number of rotatable bonds is 0. The van der Waals surface area contributed by atoms with Gasteiger partial charge in [-0.25, -0.2) is 4.98 Å². The summed E-state index contributed by atoms with van der Waals surface area (Å²) in [5, 5.41) is 0. The van der Waals surface area contributed by atoms with E-state index >= 15 is 0 Å². The number of hydrogen-bond acceptors (Lipinski definition) is 3. The normalized spacial score (nSPS) is 10.8. The number of aromatic nitrogens is 2. The first-order chi connectivity index (χ1) is 5.68. The smallest absolute Gasteiger partial charge is 0.200 e. The fourth-order valence-electron chi connectivity index (χ4n) is 1.21. The molecule has 0 aliphatic carbocycles. The molecule has 0 bridgehead atoms. The monoisotopic (exact) mass is 179 g/mol. The van der Waals surface area contributed by atoms with Gasteiger partial charge in [0.2, 0.25) is 5.95 Å². The lowest BCUT2D eigenvalue weighted by molar-refractivity contribution is 0.965. The Morgan fingerprint density at radius 3 is 3.00 bits per heavy atom. The van der Waals surface area contributed by atoms with Crippen molar-refractivity contribution in [2.24, 2.45) is 7.05 Å². The van der Waals surface area contributed by atoms with Crippen LogP contribution < -0.4 is 5.73 Å². The highest BCUT2D eigenvalue weighted by molar-refractivity contribution is 7.80. The Kier molecular flexibility index (Phi) is 1.51. The average molecular weight is 179 g/mol. The van der Waals surface area contributed by atoms with Crippen LogP contribution in [0.1, 0.15) is 0 Å². The lowest BCUT2D eigenvalue weighted by Gasteiger charge is -1.95. The molecule has 2 N–H and O–H groups in total. The summed E-state index contributed by atoms with van der Waals surface area (Å²) in [7, 11) is 1.89. The number of thiol groups is 1. The molecule has 1 aromatic carbocycles. The van der Waals surface area contributed by atoms with Gasteiger partial charge in [-0.15, -0.1) is 12.6 Å². The lowest BCUT2D eigenvalue weighted by Crippen LogP contribution is -1.95. The molecule has 0 aliphatic heterocycles. The van der Waals surface area contributed by atoms with Crippen LogP contribution in [0.4, 0.5) is 5.95 Å². The number of nitrogens with two attached hydrogens (primary N) is 1. The molecule has 0 unspecified atom stereocenters. The van der Waals surface area contributed by atoms with Gasteiger partial charge < -0.3 is 10.3 Å². The van der Waals surface area contributed by atoms with Crippen LogP contribution in [0.3, 0.4) is 0 Å². The van der Waals surface area contributed by atoms with Crippen LogP contribution in [0.25, 0.3) is 11.0 Å². The molecule has 0 radical (unpaired) electrons. The molecule has 2 aromatic rings. The first-order valence-corrected chi connectivity index (χ1v) is 4.04. The number of fused-ring (bicyclic) bond motifs is 1. The first kappa shape index (κ1) is 7.49. The Bertz CT molecular complexity index is 433. The zero-order valence-corrected chi connectivity index (χ0v) is 7.55. The van der Waals surface area contributed by atoms with Crippen molar-refractivity contribution in [3.63, 3.8) is 0 Å². The second-order valence-corrected chi connectivity index (χ2v) is 3.22. The lowest BCUT2D eigenvalue weighted by atomic mass is 10.3. The number of benzene rings is 1. The molecular weight excluding hydrogens is 170 g/mol. The van der Waals surface area contributed by atoms with E-state index in [1.807, 2.05) is 29.8 Å². The fourth-order valence-corrected chi connectivity index (χ4v) is 1.40. The Morgan fingerprint density at radius 1 is 1.50 bits per heavy atom. The molecule has 0 saturated heterocycles. The summed E-state index contributed by atoms with van der Waals surface area (Å²) in [5.41, 5.74) is 7.55. The van der Waals surface area contributed by atoms with Gasteiger partial charge in [0.05, 0.1) is 11.0 Å². The van der Waals surface area contributed by atoms with Crippen LogP contribution in [0.15, 0.2) is 23.1 Å². The number of anilines is 1. The maximum Gasteiger partial charge on any atom is 0.200 e. The van der Waals surface area contributed by atoms with Crippen LogP contribution in [-0.2, 0) is 7.05 Å². The van der Waals surface area contributed by atoms with Crippen molar-refractivity contribution in [3.8, 4) is 0 Å². The molecular formula is C8H9N3S. The maximum atomic E-state index is 5.63. The molecule has 4 heteroatoms. The summed E-state index contributed by atoms with van der Waals surface area (Å²) >= 11 is 4.21. The van der Waals surface area contributed by atoms with Crippen molar-refractivity contribution < 1.29 is 0 Å². The Labute approximate surface area is 75.6 Å². The van der Waals surface area contributed by atoms with Crippen molar-refractivity contribution in [2.75, 3.05) is 5.73 Å². The molecule has 0 atom stereocenters. The van der Waals surface area contributed by atoms with Gasteiger partial charge in [0.25, 0.3) is 0 Å². The zero-order valence-electron chi connectivity index (χ0n) is 6.65. The Morgan fingerprint density at radius 2 is 2.25 bits per heavy atom. The number of nitrogen functional groups attached to an aromatic ring is 1. The summed E-state index contributed by atoms with van der Waals surface area (Å²) in [5.74, 6) is 0.531. The van der Waals surface area contributed by atoms with E-state index in [0.29, 0.717) is 5.95 Å². The molecule has 1 aromatic heterocycles. The molecule has 2 rings (SSSR count). The fraction of sp³-hybridized carbons (Fsp3) is 0.125. The van der Waals surface area contributed by atoms with E-state index < -0.39 is 0 Å². The van der Waals surface area contributed by atoms with Gasteiger partial charge in [-0.05, 0) is 18.2 Å². The van der Waals surface area contributed by atoms with E-state index in [9.17, 15) is 0 Å². The Balaban J connectivity index is 2.87. The summed E-state index contributed by atoms with van der Waals surface area (Å²) in [6.07, 6.45) is 0. The molecule has 3 nitrogen and oxygen atoms in total. The minimum atomic E-state index is 0.531. The van der Waals surface area contributed by atoms with Gasteiger partial charge in [-0.1, -0.05) is 0 Å². The molecule has 0 saturated carbocycles. The quantitative estimate of drug-likeness (QED) is 0.601. The zero-order chi connectivity index (χ0) is 8.72. The highest BCUT2D eigenvalue weighted by atomic mass is 32.1. The molecule has 0 aliphatic rings. The third-order valence-electron chi connectivity index (χ3n) is 1.90. The van der Waals surface area contributed by atoms with Gasteiger partial charge in [0, 0.05) is 11.9 Å². The minimum absolute atomic E-state index is 0.531. The first-order valence-electron chi connectivity index (χ1n) is 3.59. The van der Waals surface area contributed by atoms with Crippen LogP contribution in [0.5, 0.6) is 0 Å². The Hall–Kier alpha value is -1.16. The van der Waals surface area contributed by atoms with Crippen molar-refractivity contribution in [2.45, 2.75) is 4.90 Å². The van der Waals surface area contributed by atoms with Crippen LogP contribution >= 0.6 is 12.6 Å². The molecule has 0 fully saturated rings. The highest BCUT2D eigenvalue weighted by Gasteiger charge is 2.03. The van der Waals surface area contributed by atoms with Gasteiger partial charge in [0.1, 0.15) is 0 Å². The predicted octanol–water partition coefficient (Wildman–Crippen LogP) is 1.44. The number of imidazole rings is 1. The van der Waals surface area contributed by atoms with Crippen molar-refractivity contribution >= 4 is 29.6 Å². The van der Waals surface area contributed by atoms with E-state index in [4.69, 9.17) is 5.73 Å². The average Bonchev–Trinajstić information content (AvgIpc) is 2.28. The number of hydrogen-bond donors (Lipinski definition) is 2. The highest BCUT2D eigenvalue weighted by Crippen LogP contribution is 2.18. The molecule has 0 spiro atoms. The van der Waals surface area contributed by atoms with E-state index in [0.717, 1.165) is 15.9 Å². The summed E-state index contributed by atoms with van der Waals surface area (Å²) in [6.45, 7) is 0. The third kappa shape index (κ3) is 0.956. The van der Waals surface area contributed by atoms with Crippen molar-refractivity contribution in [3.05, 3.63) is 18.2 Å². The summed E-state index contributed by atoms with van der Waals surface area (Å²) < 4.78 is 1.85. The van der Waals surface area contributed by atoms with Crippen LogP contribution in [0, 0.1) is 0 Å². The molecule has 1 heterocycles. The van der Waals surface area contributed by atoms with Crippen molar-refractivity contribution in [1.82, 2.24) is 9.55 Å². The van der Waals surface area contributed by atoms with E-state index in [2.05, 4.69) is 17.6 Å². The third-order valence-corrected chi connectivity index (χ3v) is 2.18. The molecule has 0 amide bonds. The molecule has 12 heavy (non-hydrogen) atoms. The maximum absolute atomic E-state index is 5.63. The number of aryl methyl sites for hydroxylation is 1. The van der Waals surface area contributed by atoms with Gasteiger partial charge in [0.15, 0.2) is 0 Å². The van der Waals surface area contributed by atoms with Crippen molar-refractivity contribution in [1.29, 1.82) is 0 Å². The SMILES string of the molecule is Cn1c(N)nc2cc(S)ccc21. The minimum Gasteiger partial charge on any atom is -0.369 e. The summed E-state index contributed by atoms with van der Waals surface area (Å²) in [6, 6.07) is 5.78. The van der Waals surface area contributed by atoms with Crippen LogP contribution in [0.2, 0.25) is 0 Å². The van der Waals surface area contributed by atoms with Gasteiger partial charge in [-0.2, -0.15) is 0 Å². The van der Waals surface area contributed by atoms with E-state index in [-0.39, 0.29) is 0 Å². The topological polar surface area (TPSA) is 43.8 Å². The van der Waals surface area contributed by atoms with E-state index in [1.54, 1.807) is 0 Å². The second kappa shape index (κ2) is 2.42. The largest absolute Gasteiger partial charge is 0.369 e. The van der Waals surface area contributed by atoms with Gasteiger partial charge >= 0.3 is 0 Å². The van der Waals surface area contributed by atoms with Crippen LogP contribution in [-0.4, -0.2) is 9.55 Å². The second-order valence-electron chi connectivity index (χ2n) is 2.70.